The van der Waals surface area contributed by atoms with Crippen LogP contribution in [0.5, 0.6) is 0 Å². The molecule has 0 aliphatic carbocycles. The number of carbonyl (C=O) groups is 1. The van der Waals surface area contributed by atoms with Gasteiger partial charge in [-0.1, -0.05) is 6.07 Å². The molecule has 3 rings (SSSR count). The largest absolute Gasteiger partial charge is 0.390 e. The number of ether oxygens (including phenoxy) is 1. The second kappa shape index (κ2) is 5.73. The van der Waals surface area contributed by atoms with Gasteiger partial charge in [0.25, 0.3) is 5.91 Å². The van der Waals surface area contributed by atoms with Gasteiger partial charge in [-0.25, -0.2) is 4.39 Å². The molecular formula is C16H20FNO3. The van der Waals surface area contributed by atoms with Crippen molar-refractivity contribution in [1.82, 2.24) is 4.90 Å². The number of rotatable bonds is 1. The molecular weight excluding hydrogens is 273 g/mol. The van der Waals surface area contributed by atoms with E-state index in [1.54, 1.807) is 17.0 Å². The lowest BCUT2D eigenvalue weighted by atomic mass is 9.82. The fraction of sp³-hybridized carbons (Fsp3) is 0.562. The van der Waals surface area contributed by atoms with E-state index in [0.29, 0.717) is 38.1 Å². The van der Waals surface area contributed by atoms with Crippen molar-refractivity contribution in [2.24, 2.45) is 0 Å². The number of carbonyl (C=O) groups excluding carboxylic acids is 1. The van der Waals surface area contributed by atoms with Gasteiger partial charge in [-0.05, 0) is 43.9 Å². The topological polar surface area (TPSA) is 49.8 Å². The van der Waals surface area contributed by atoms with Gasteiger partial charge in [0.15, 0.2) is 0 Å². The van der Waals surface area contributed by atoms with Gasteiger partial charge in [0.05, 0.1) is 11.7 Å². The summed E-state index contributed by atoms with van der Waals surface area (Å²) >= 11 is 0. The Kier molecular flexibility index (Phi) is 3.95. The Labute approximate surface area is 123 Å². The molecule has 1 amide bonds. The lowest BCUT2D eigenvalue weighted by Crippen LogP contribution is -2.56. The average molecular weight is 293 g/mol. The molecule has 4 nitrogen and oxygen atoms in total. The highest BCUT2D eigenvalue weighted by atomic mass is 19.1. The van der Waals surface area contributed by atoms with Gasteiger partial charge in [-0.3, -0.25) is 4.79 Å². The number of aliphatic hydroxyl groups is 1. The van der Waals surface area contributed by atoms with E-state index >= 15 is 0 Å². The summed E-state index contributed by atoms with van der Waals surface area (Å²) in [7, 11) is 0. The van der Waals surface area contributed by atoms with Crippen molar-refractivity contribution in [3.63, 3.8) is 0 Å². The number of hydrogen-bond acceptors (Lipinski definition) is 3. The van der Waals surface area contributed by atoms with Crippen molar-refractivity contribution in [1.29, 1.82) is 0 Å². The standard InChI is InChI=1S/C16H20FNO3/c17-13-4-1-3-12(11-13)15(20)18-8-6-16(7-9-18)14(19)5-2-10-21-16/h1,3-4,11,14,19H,2,5-10H2/t14-/m1/s1. The minimum absolute atomic E-state index is 0.158. The van der Waals surface area contributed by atoms with Crippen LogP contribution in [0.3, 0.4) is 0 Å². The van der Waals surface area contributed by atoms with Crippen LogP contribution in [0.2, 0.25) is 0 Å². The van der Waals surface area contributed by atoms with E-state index in [-0.39, 0.29) is 5.91 Å². The Morgan fingerprint density at radius 2 is 2.14 bits per heavy atom. The van der Waals surface area contributed by atoms with Gasteiger partial charge in [0.1, 0.15) is 5.82 Å². The van der Waals surface area contributed by atoms with Gasteiger partial charge in [-0.2, -0.15) is 0 Å². The third-order valence-corrected chi connectivity index (χ3v) is 4.59. The summed E-state index contributed by atoms with van der Waals surface area (Å²) in [5.74, 6) is -0.560. The number of hydrogen-bond donors (Lipinski definition) is 1. The average Bonchev–Trinajstić information content (AvgIpc) is 2.50. The molecule has 114 valence electrons. The predicted molar refractivity (Wildman–Crippen MR) is 75.5 cm³/mol. The zero-order chi connectivity index (χ0) is 14.9. The second-order valence-corrected chi connectivity index (χ2v) is 5.87. The third-order valence-electron chi connectivity index (χ3n) is 4.59. The van der Waals surface area contributed by atoms with Crippen LogP contribution in [-0.4, -0.2) is 47.3 Å². The minimum atomic E-state index is -0.489. The fourth-order valence-corrected chi connectivity index (χ4v) is 3.28. The van der Waals surface area contributed by atoms with E-state index < -0.39 is 17.5 Å². The maximum absolute atomic E-state index is 13.2. The molecule has 0 unspecified atom stereocenters. The van der Waals surface area contributed by atoms with Crippen LogP contribution in [-0.2, 0) is 4.74 Å². The molecule has 2 aliphatic rings. The van der Waals surface area contributed by atoms with Crippen molar-refractivity contribution in [2.45, 2.75) is 37.4 Å². The summed E-state index contributed by atoms with van der Waals surface area (Å²) in [6.45, 7) is 1.74. The zero-order valence-electron chi connectivity index (χ0n) is 11.9. The van der Waals surface area contributed by atoms with Crippen molar-refractivity contribution in [2.75, 3.05) is 19.7 Å². The molecule has 0 saturated carbocycles. The third kappa shape index (κ3) is 2.80. The SMILES string of the molecule is O=C(c1cccc(F)c1)N1CCC2(CC1)OCCC[C@H]2O. The maximum Gasteiger partial charge on any atom is 0.253 e. The quantitative estimate of drug-likeness (QED) is 0.861. The molecule has 0 bridgehead atoms. The maximum atomic E-state index is 13.2. The number of halogens is 1. The van der Waals surface area contributed by atoms with E-state index in [1.807, 2.05) is 0 Å². The number of aliphatic hydroxyl groups excluding tert-OH is 1. The summed E-state index contributed by atoms with van der Waals surface area (Å²) in [5.41, 5.74) is -0.118. The van der Waals surface area contributed by atoms with E-state index in [2.05, 4.69) is 0 Å². The van der Waals surface area contributed by atoms with Crippen molar-refractivity contribution in [3.8, 4) is 0 Å². The van der Waals surface area contributed by atoms with Crippen LogP contribution in [0.25, 0.3) is 0 Å². The smallest absolute Gasteiger partial charge is 0.253 e. The van der Waals surface area contributed by atoms with Crippen molar-refractivity contribution in [3.05, 3.63) is 35.6 Å². The zero-order valence-corrected chi connectivity index (χ0v) is 11.9. The first-order chi connectivity index (χ1) is 10.1. The van der Waals surface area contributed by atoms with Crippen LogP contribution in [0.1, 0.15) is 36.0 Å². The molecule has 2 fully saturated rings. The highest BCUT2D eigenvalue weighted by Gasteiger charge is 2.44. The molecule has 2 aliphatic heterocycles. The molecule has 1 aromatic rings. The van der Waals surface area contributed by atoms with Crippen molar-refractivity contribution < 1.29 is 19.0 Å². The summed E-state index contributed by atoms with van der Waals surface area (Å²) < 4.78 is 19.0. The molecule has 1 N–H and O–H groups in total. The van der Waals surface area contributed by atoms with Gasteiger partial charge < -0.3 is 14.7 Å². The lowest BCUT2D eigenvalue weighted by Gasteiger charge is -2.46. The van der Waals surface area contributed by atoms with E-state index in [4.69, 9.17) is 4.74 Å². The number of benzene rings is 1. The molecule has 5 heteroatoms. The Morgan fingerprint density at radius 3 is 2.81 bits per heavy atom. The predicted octanol–water partition coefficient (Wildman–Crippen LogP) is 1.97. The fourth-order valence-electron chi connectivity index (χ4n) is 3.28. The van der Waals surface area contributed by atoms with Crippen LogP contribution in [0.4, 0.5) is 4.39 Å². The first-order valence-corrected chi connectivity index (χ1v) is 7.48. The summed E-state index contributed by atoms with van der Waals surface area (Å²) in [6.07, 6.45) is 2.47. The first kappa shape index (κ1) is 14.5. The highest BCUT2D eigenvalue weighted by molar-refractivity contribution is 5.94. The minimum Gasteiger partial charge on any atom is -0.390 e. The Hall–Kier alpha value is -1.46. The molecule has 1 aromatic carbocycles. The summed E-state index contributed by atoms with van der Waals surface area (Å²) in [4.78, 5) is 14.1. The van der Waals surface area contributed by atoms with Crippen LogP contribution in [0.15, 0.2) is 24.3 Å². The molecule has 2 saturated heterocycles. The van der Waals surface area contributed by atoms with Crippen LogP contribution < -0.4 is 0 Å². The molecule has 2 heterocycles. The Morgan fingerprint density at radius 1 is 1.38 bits per heavy atom. The number of nitrogens with zero attached hydrogens (tertiary/aromatic N) is 1. The Balaban J connectivity index is 1.67. The van der Waals surface area contributed by atoms with Crippen LogP contribution in [0, 0.1) is 5.82 Å². The van der Waals surface area contributed by atoms with E-state index in [9.17, 15) is 14.3 Å². The number of piperidine rings is 1. The van der Waals surface area contributed by atoms with Gasteiger partial charge in [0.2, 0.25) is 0 Å². The monoisotopic (exact) mass is 293 g/mol. The summed E-state index contributed by atoms with van der Waals surface area (Å²) in [5, 5.41) is 10.2. The van der Waals surface area contributed by atoms with E-state index in [1.165, 1.54) is 12.1 Å². The normalized spacial score (nSPS) is 25.0. The number of likely N-dealkylation sites (tertiary alicyclic amines) is 1. The van der Waals surface area contributed by atoms with Gasteiger partial charge in [0, 0.05) is 25.3 Å². The van der Waals surface area contributed by atoms with E-state index in [0.717, 1.165) is 12.8 Å². The molecule has 1 spiro atoms. The van der Waals surface area contributed by atoms with Crippen LogP contribution >= 0.6 is 0 Å². The summed E-state index contributed by atoms with van der Waals surface area (Å²) in [6, 6.07) is 5.76. The molecule has 21 heavy (non-hydrogen) atoms. The number of amides is 1. The molecule has 0 radical (unpaired) electrons. The highest BCUT2D eigenvalue weighted by Crippen LogP contribution is 2.35. The molecule has 1 atom stereocenters. The lowest BCUT2D eigenvalue weighted by molar-refractivity contribution is -0.174. The molecule has 0 aromatic heterocycles. The Bertz CT molecular complexity index is 526. The van der Waals surface area contributed by atoms with Gasteiger partial charge in [-0.15, -0.1) is 0 Å². The first-order valence-electron chi connectivity index (χ1n) is 7.48. The van der Waals surface area contributed by atoms with Gasteiger partial charge >= 0.3 is 0 Å². The van der Waals surface area contributed by atoms with Crippen molar-refractivity contribution >= 4 is 5.91 Å². The second-order valence-electron chi connectivity index (χ2n) is 5.87.